The first-order valence-electron chi connectivity index (χ1n) is 9.80. The first kappa shape index (κ1) is 23.8. The van der Waals surface area contributed by atoms with Gasteiger partial charge in [-0.05, 0) is 65.7 Å². The van der Waals surface area contributed by atoms with Gasteiger partial charge in [0.15, 0.2) is 6.61 Å². The van der Waals surface area contributed by atoms with Crippen molar-refractivity contribution >= 4 is 21.8 Å². The van der Waals surface area contributed by atoms with Gasteiger partial charge in [0.05, 0.1) is 4.90 Å². The summed E-state index contributed by atoms with van der Waals surface area (Å²) < 4.78 is 34.5. The van der Waals surface area contributed by atoms with Crippen molar-refractivity contribution in [3.63, 3.8) is 0 Å². The highest BCUT2D eigenvalue weighted by Crippen LogP contribution is 2.22. The predicted molar refractivity (Wildman–Crippen MR) is 115 cm³/mol. The third-order valence-corrected chi connectivity index (χ3v) is 6.65. The molecule has 0 saturated carbocycles. The minimum Gasteiger partial charge on any atom is -0.456 e. The molecule has 30 heavy (non-hydrogen) atoms. The Morgan fingerprint density at radius 1 is 1.03 bits per heavy atom. The molecule has 1 aromatic carbocycles. The van der Waals surface area contributed by atoms with E-state index in [9.17, 15) is 18.0 Å². The lowest BCUT2D eigenvalue weighted by Gasteiger charge is -2.14. The zero-order valence-corrected chi connectivity index (χ0v) is 19.4. The topological polar surface area (TPSA) is 94.5 Å². The van der Waals surface area contributed by atoms with Gasteiger partial charge in [-0.25, -0.2) is 8.42 Å². The average molecular weight is 435 g/mol. The molecule has 0 unspecified atom stereocenters. The Labute approximate surface area is 178 Å². The number of nitrogens with zero attached hydrogens (tertiary/aromatic N) is 1. The van der Waals surface area contributed by atoms with Gasteiger partial charge in [-0.15, -0.1) is 0 Å². The van der Waals surface area contributed by atoms with E-state index in [1.807, 2.05) is 39.2 Å². The van der Waals surface area contributed by atoms with Gasteiger partial charge in [-0.2, -0.15) is 4.72 Å². The fourth-order valence-corrected chi connectivity index (χ4v) is 5.36. The highest BCUT2D eigenvalue weighted by atomic mass is 32.2. The van der Waals surface area contributed by atoms with Gasteiger partial charge in [-0.1, -0.05) is 17.7 Å². The predicted octanol–water partition coefficient (Wildman–Crippen LogP) is 3.32. The summed E-state index contributed by atoms with van der Waals surface area (Å²) in [6.45, 7) is 12.1. The largest absolute Gasteiger partial charge is 0.456 e. The van der Waals surface area contributed by atoms with Gasteiger partial charge in [0.1, 0.15) is 6.54 Å². The highest BCUT2D eigenvalue weighted by molar-refractivity contribution is 7.89. The van der Waals surface area contributed by atoms with Crippen molar-refractivity contribution in [2.45, 2.75) is 59.4 Å². The number of rotatable bonds is 8. The van der Waals surface area contributed by atoms with Crippen LogP contribution in [0.5, 0.6) is 0 Å². The van der Waals surface area contributed by atoms with Gasteiger partial charge in [0.25, 0.3) is 0 Å². The monoisotopic (exact) mass is 434 g/mol. The number of aromatic nitrogens is 1. The Balaban J connectivity index is 2.00. The second-order valence-corrected chi connectivity index (χ2v) is 9.59. The lowest BCUT2D eigenvalue weighted by atomic mass is 10.1. The molecule has 164 valence electrons. The summed E-state index contributed by atoms with van der Waals surface area (Å²) in [5.41, 5.74) is 4.43. The molecule has 7 nitrogen and oxygen atoms in total. The lowest BCUT2D eigenvalue weighted by Crippen LogP contribution is -2.32. The van der Waals surface area contributed by atoms with Gasteiger partial charge < -0.3 is 9.30 Å². The number of sulfonamides is 1. The zero-order chi connectivity index (χ0) is 22.8. The van der Waals surface area contributed by atoms with E-state index in [0.717, 1.165) is 17.0 Å². The van der Waals surface area contributed by atoms with Crippen LogP contribution in [0.2, 0.25) is 0 Å². The average Bonchev–Trinajstić information content (AvgIpc) is 2.91. The number of carbonyl (C=O) groups is 2. The van der Waals surface area contributed by atoms with Crippen molar-refractivity contribution < 1.29 is 22.7 Å². The molecular weight excluding hydrogens is 404 g/mol. The zero-order valence-electron chi connectivity index (χ0n) is 18.6. The van der Waals surface area contributed by atoms with Crippen LogP contribution in [0.1, 0.15) is 58.3 Å². The van der Waals surface area contributed by atoms with Crippen LogP contribution < -0.4 is 4.72 Å². The number of hydrogen-bond acceptors (Lipinski definition) is 5. The Kier molecular flexibility index (Phi) is 7.26. The molecule has 2 aromatic rings. The Morgan fingerprint density at radius 3 is 2.10 bits per heavy atom. The van der Waals surface area contributed by atoms with E-state index in [1.54, 1.807) is 32.0 Å². The third kappa shape index (κ3) is 5.17. The van der Waals surface area contributed by atoms with Crippen LogP contribution in [-0.4, -0.2) is 37.9 Å². The molecule has 0 bridgehead atoms. The van der Waals surface area contributed by atoms with Crippen molar-refractivity contribution in [3.8, 4) is 0 Å². The van der Waals surface area contributed by atoms with E-state index in [0.29, 0.717) is 16.7 Å². The number of ether oxygens (including phenoxy) is 1. The molecule has 1 N–H and O–H groups in total. The number of ketones is 1. The number of Topliss-reactive ketones (excluding diaryl/α,β-unsaturated/α-hetero) is 1. The highest BCUT2D eigenvalue weighted by Gasteiger charge is 2.22. The van der Waals surface area contributed by atoms with Crippen molar-refractivity contribution in [1.82, 2.24) is 9.29 Å². The van der Waals surface area contributed by atoms with E-state index in [1.165, 1.54) is 0 Å². The quantitative estimate of drug-likeness (QED) is 0.508. The molecule has 8 heteroatoms. The fraction of sp³-hybridized carbons (Fsp3) is 0.455. The minimum atomic E-state index is -3.88. The summed E-state index contributed by atoms with van der Waals surface area (Å²) >= 11 is 0. The molecule has 0 atom stereocenters. The van der Waals surface area contributed by atoms with E-state index < -0.39 is 29.1 Å². The maximum Gasteiger partial charge on any atom is 0.321 e. The number of aryl methyl sites for hydroxylation is 4. The molecule has 0 aliphatic carbocycles. The number of carbonyl (C=O) groups excluding carboxylic acids is 2. The summed E-state index contributed by atoms with van der Waals surface area (Å²) in [7, 11) is -3.88. The van der Waals surface area contributed by atoms with E-state index in [-0.39, 0.29) is 16.7 Å². The Hall–Kier alpha value is -2.45. The molecule has 1 aromatic heterocycles. The fourth-order valence-electron chi connectivity index (χ4n) is 3.95. The first-order chi connectivity index (χ1) is 13.8. The van der Waals surface area contributed by atoms with E-state index >= 15 is 0 Å². The van der Waals surface area contributed by atoms with Crippen LogP contribution in [0.25, 0.3) is 0 Å². The molecule has 0 radical (unpaired) electrons. The van der Waals surface area contributed by atoms with Crippen molar-refractivity contribution in [2.75, 3.05) is 13.2 Å². The summed E-state index contributed by atoms with van der Waals surface area (Å²) in [5.74, 6) is -1.14. The van der Waals surface area contributed by atoms with Gasteiger partial charge >= 0.3 is 5.97 Å². The van der Waals surface area contributed by atoms with Crippen molar-refractivity contribution in [3.05, 3.63) is 51.8 Å². The molecule has 0 spiro atoms. The van der Waals surface area contributed by atoms with E-state index in [2.05, 4.69) is 4.72 Å². The van der Waals surface area contributed by atoms with Crippen LogP contribution in [0, 0.1) is 34.6 Å². The Bertz CT molecular complexity index is 1060. The second kappa shape index (κ2) is 9.14. The minimum absolute atomic E-state index is 0.151. The van der Waals surface area contributed by atoms with Crippen LogP contribution >= 0.6 is 0 Å². The number of esters is 1. The van der Waals surface area contributed by atoms with Gasteiger partial charge in [0, 0.05) is 23.0 Å². The van der Waals surface area contributed by atoms with Crippen molar-refractivity contribution in [2.24, 2.45) is 0 Å². The maximum absolute atomic E-state index is 12.6. The summed E-state index contributed by atoms with van der Waals surface area (Å²) in [6, 6.07) is 5.52. The number of hydrogen-bond donors (Lipinski definition) is 1. The van der Waals surface area contributed by atoms with Crippen LogP contribution in [0.15, 0.2) is 23.1 Å². The van der Waals surface area contributed by atoms with Crippen LogP contribution in [-0.2, 0) is 19.6 Å². The van der Waals surface area contributed by atoms with E-state index in [4.69, 9.17) is 4.74 Å². The summed E-state index contributed by atoms with van der Waals surface area (Å²) in [6.07, 6.45) is 0. The van der Waals surface area contributed by atoms with Gasteiger partial charge in [-0.3, -0.25) is 9.59 Å². The SMILES string of the molecule is Cc1cc(C)c(S(=O)(=O)NCC(=O)OCC(=O)c2cc(C)n(C(C)C)c2C)c(C)c1. The van der Waals surface area contributed by atoms with Crippen LogP contribution in [0.4, 0.5) is 0 Å². The summed E-state index contributed by atoms with van der Waals surface area (Å²) in [4.78, 5) is 24.7. The standard InChI is InChI=1S/C22H30N2O5S/c1-13(2)24-17(6)10-19(18(24)7)20(25)12-29-21(26)11-23-30(27,28)22-15(4)8-14(3)9-16(22)5/h8-10,13,23H,11-12H2,1-7H3. The van der Waals surface area contributed by atoms with Crippen LogP contribution in [0.3, 0.4) is 0 Å². The molecule has 0 aliphatic rings. The smallest absolute Gasteiger partial charge is 0.321 e. The molecule has 2 rings (SSSR count). The molecule has 0 saturated heterocycles. The number of benzene rings is 1. The molecule has 0 fully saturated rings. The second-order valence-electron chi connectivity index (χ2n) is 7.88. The molecule has 0 aliphatic heterocycles. The first-order valence-corrected chi connectivity index (χ1v) is 11.3. The maximum atomic E-state index is 12.6. The molecular formula is C22H30N2O5S. The third-order valence-electron chi connectivity index (χ3n) is 4.95. The summed E-state index contributed by atoms with van der Waals surface area (Å²) in [5, 5.41) is 0. The lowest BCUT2D eigenvalue weighted by molar-refractivity contribution is -0.141. The van der Waals surface area contributed by atoms with Gasteiger partial charge in [0.2, 0.25) is 15.8 Å². The molecule has 0 amide bonds. The molecule has 1 heterocycles. The van der Waals surface area contributed by atoms with Crippen molar-refractivity contribution in [1.29, 1.82) is 0 Å². The Morgan fingerprint density at radius 2 is 1.60 bits per heavy atom. The normalized spacial score (nSPS) is 11.7. The number of nitrogens with one attached hydrogen (secondary N) is 1.